The Bertz CT molecular complexity index is 2790. The predicted octanol–water partition coefficient (Wildman–Crippen LogP) is 1.35. The summed E-state index contributed by atoms with van der Waals surface area (Å²) in [4.78, 5) is 70.5. The van der Waals surface area contributed by atoms with Crippen LogP contribution in [-0.2, 0) is 39.6 Å². The smallest absolute Gasteiger partial charge is 0.352 e. The molecular formula is C34H29N9O13S4. The summed E-state index contributed by atoms with van der Waals surface area (Å²) in [5, 5.41) is 70.4. The van der Waals surface area contributed by atoms with E-state index in [1.54, 1.807) is 13.0 Å². The number of benzene rings is 2. The van der Waals surface area contributed by atoms with Crippen molar-refractivity contribution in [3.63, 3.8) is 0 Å². The van der Waals surface area contributed by atoms with Crippen molar-refractivity contribution in [3.05, 3.63) is 81.9 Å². The quantitative estimate of drug-likeness (QED) is 0.0195. The second-order valence-corrected chi connectivity index (χ2v) is 17.9. The number of phenols is 4. The minimum absolute atomic E-state index is 0.0199. The van der Waals surface area contributed by atoms with Gasteiger partial charge in [0.2, 0.25) is 6.10 Å². The van der Waals surface area contributed by atoms with E-state index in [2.05, 4.69) is 30.5 Å². The zero-order valence-corrected chi connectivity index (χ0v) is 33.6. The van der Waals surface area contributed by atoms with E-state index in [-0.39, 0.29) is 50.1 Å². The van der Waals surface area contributed by atoms with Gasteiger partial charge in [-0.2, -0.15) is 9.50 Å². The molecule has 1 fully saturated rings. The summed E-state index contributed by atoms with van der Waals surface area (Å²) >= 11 is 3.22. The fourth-order valence-corrected chi connectivity index (χ4v) is 10.2. The number of phenolic OH excluding ortho intramolecular Hbond substituents is 4. The third-order valence-corrected chi connectivity index (χ3v) is 13.5. The lowest BCUT2D eigenvalue weighted by Gasteiger charge is -2.49. The lowest BCUT2D eigenvalue weighted by atomic mass is 10.0. The van der Waals surface area contributed by atoms with Gasteiger partial charge in [-0.15, -0.1) is 40.0 Å². The van der Waals surface area contributed by atoms with Crippen molar-refractivity contribution < 1.29 is 63.1 Å². The van der Waals surface area contributed by atoms with Crippen molar-refractivity contribution >= 4 is 85.1 Å². The molecule has 22 nitrogen and oxygen atoms in total. The van der Waals surface area contributed by atoms with E-state index in [4.69, 9.17) is 10.6 Å². The molecule has 3 atom stereocenters. The predicted molar refractivity (Wildman–Crippen MR) is 211 cm³/mol. The number of nitrogens with one attached hydrogen (secondary N) is 1. The number of thiazole rings is 1. The van der Waals surface area contributed by atoms with Crippen molar-refractivity contribution in [1.29, 1.82) is 0 Å². The van der Waals surface area contributed by atoms with Crippen LogP contribution in [0.25, 0.3) is 5.78 Å². The number of aliphatic carboxylic acids is 2. The molecule has 5 aromatic rings. The minimum atomic E-state index is -4.07. The standard InChI is InChI=1S/C34H29N9O13S4/c1-13-6-23(43-34(36-13)38-22(40-43)12-60(54,55)16-3-5-19(45)21(47)8-16)57-9-15-10-58-30-25(29(49)42(30)26(15)31(50)51)39-28(48)24(17-11-59-33(35)37-17)41-56-27(32(52)53)14-2-4-18(44)20(46)7-14/h2-8,11,25,27,30,44-47H,9-10,12H2,1H3,(H2,35,37)(H,39,48)(H,50,51)(H,52,53)/b41-24-/t25-,27+,30-/m1/s1. The van der Waals surface area contributed by atoms with Gasteiger partial charge >= 0.3 is 11.9 Å². The Morgan fingerprint density at radius 1 is 1.03 bits per heavy atom. The molecule has 2 aliphatic rings. The first-order valence-electron chi connectivity index (χ1n) is 16.9. The number of nitrogen functional groups attached to an aromatic ring is 1. The van der Waals surface area contributed by atoms with Crippen molar-refractivity contribution in [2.75, 3.05) is 17.2 Å². The number of carboxylic acids is 2. The second kappa shape index (κ2) is 16.2. The molecule has 0 spiro atoms. The Hall–Kier alpha value is -6.64. The highest BCUT2D eigenvalue weighted by Gasteiger charge is 2.54. The molecule has 2 aromatic carbocycles. The number of carboxylic acid groups (broad SMARTS) is 2. The summed E-state index contributed by atoms with van der Waals surface area (Å²) in [6.07, 6.45) is -1.87. The number of nitrogens with two attached hydrogens (primary N) is 1. The summed E-state index contributed by atoms with van der Waals surface area (Å²) in [6, 6.07) is 6.55. The molecule has 0 unspecified atom stereocenters. The van der Waals surface area contributed by atoms with Gasteiger partial charge in [-0.05, 0) is 42.8 Å². The van der Waals surface area contributed by atoms with Gasteiger partial charge in [-0.25, -0.2) is 28.0 Å². The second-order valence-electron chi connectivity index (χ2n) is 12.9. The summed E-state index contributed by atoms with van der Waals surface area (Å²) < 4.78 is 27.4. The molecule has 2 amide bonds. The number of thioether (sulfide) groups is 2. The monoisotopic (exact) mass is 899 g/mol. The number of sulfone groups is 1. The van der Waals surface area contributed by atoms with E-state index in [1.165, 1.54) is 9.90 Å². The number of carbonyl (C=O) groups is 4. The van der Waals surface area contributed by atoms with Gasteiger partial charge in [0, 0.05) is 34.2 Å². The van der Waals surface area contributed by atoms with Crippen LogP contribution in [-0.4, -0.2) is 121 Å². The molecule has 7 rings (SSSR count). The largest absolute Gasteiger partial charge is 0.504 e. The lowest BCUT2D eigenvalue weighted by Crippen LogP contribution is -2.71. The Labute approximate surface area is 349 Å². The third-order valence-electron chi connectivity index (χ3n) is 8.76. The maximum absolute atomic E-state index is 13.6. The molecule has 0 saturated carbocycles. The van der Waals surface area contributed by atoms with Crippen LogP contribution in [0.3, 0.4) is 0 Å². The van der Waals surface area contributed by atoms with Crippen LogP contribution in [0.4, 0.5) is 5.13 Å². The van der Waals surface area contributed by atoms with Crippen molar-refractivity contribution in [2.45, 2.75) is 40.1 Å². The highest BCUT2D eigenvalue weighted by Crippen LogP contribution is 2.42. The maximum atomic E-state index is 13.6. The lowest BCUT2D eigenvalue weighted by molar-refractivity contribution is -0.151. The first kappa shape index (κ1) is 41.5. The number of rotatable bonds is 14. The van der Waals surface area contributed by atoms with Crippen LogP contribution in [0.5, 0.6) is 23.0 Å². The number of hydrogen-bond donors (Lipinski definition) is 8. The summed E-state index contributed by atoms with van der Waals surface area (Å²) in [7, 11) is -4.07. The van der Waals surface area contributed by atoms with Gasteiger partial charge in [-0.1, -0.05) is 11.2 Å². The zero-order valence-electron chi connectivity index (χ0n) is 30.4. The average molecular weight is 900 g/mol. The number of amides is 2. The van der Waals surface area contributed by atoms with Crippen molar-refractivity contribution in [2.24, 2.45) is 5.16 Å². The number of nitrogens with zero attached hydrogens (tertiary/aromatic N) is 7. The van der Waals surface area contributed by atoms with E-state index in [1.807, 2.05) is 0 Å². The average Bonchev–Trinajstić information content (AvgIpc) is 3.80. The highest BCUT2D eigenvalue weighted by molar-refractivity contribution is 8.01. The Kier molecular flexibility index (Phi) is 11.2. The van der Waals surface area contributed by atoms with Gasteiger partial charge in [0.15, 0.2) is 49.5 Å². The molecule has 312 valence electrons. The molecule has 0 bridgehead atoms. The molecular weight excluding hydrogens is 871 g/mol. The van der Waals surface area contributed by atoms with E-state index >= 15 is 0 Å². The van der Waals surface area contributed by atoms with Crippen molar-refractivity contribution in [1.82, 2.24) is 34.8 Å². The summed E-state index contributed by atoms with van der Waals surface area (Å²) in [6.45, 7) is 1.67. The number of aromatic hydroxyl groups is 4. The van der Waals surface area contributed by atoms with Crippen LogP contribution in [0, 0.1) is 6.92 Å². The molecule has 26 heteroatoms. The molecule has 1 saturated heterocycles. The number of oxime groups is 1. The number of hydrogen-bond acceptors (Lipinski definition) is 20. The zero-order chi connectivity index (χ0) is 43.2. The molecule has 0 aliphatic carbocycles. The number of anilines is 1. The fraction of sp³-hybridized carbons (Fsp3) is 0.206. The van der Waals surface area contributed by atoms with Gasteiger partial charge in [0.25, 0.3) is 17.6 Å². The highest BCUT2D eigenvalue weighted by atomic mass is 32.2. The van der Waals surface area contributed by atoms with Crippen LogP contribution < -0.4 is 11.1 Å². The maximum Gasteiger partial charge on any atom is 0.352 e. The Balaban J connectivity index is 1.08. The third kappa shape index (κ3) is 8.16. The van der Waals surface area contributed by atoms with E-state index in [0.717, 1.165) is 76.2 Å². The Morgan fingerprint density at radius 3 is 2.40 bits per heavy atom. The molecule has 60 heavy (non-hydrogen) atoms. The van der Waals surface area contributed by atoms with E-state index in [9.17, 15) is 58.2 Å². The van der Waals surface area contributed by atoms with Gasteiger partial charge < -0.3 is 46.5 Å². The van der Waals surface area contributed by atoms with Gasteiger partial charge in [0.1, 0.15) is 33.6 Å². The van der Waals surface area contributed by atoms with Gasteiger partial charge in [0.05, 0.1) is 4.90 Å². The summed E-state index contributed by atoms with van der Waals surface area (Å²) in [5.41, 5.74) is 5.45. The Morgan fingerprint density at radius 2 is 1.75 bits per heavy atom. The molecule has 0 radical (unpaired) electrons. The summed E-state index contributed by atoms with van der Waals surface area (Å²) in [5.74, 6) is -7.65. The van der Waals surface area contributed by atoms with Crippen LogP contribution in [0.1, 0.15) is 28.9 Å². The normalized spacial score (nSPS) is 17.2. The molecule has 9 N–H and O–H groups in total. The first-order valence-corrected chi connectivity index (χ1v) is 21.5. The molecule has 2 aliphatic heterocycles. The van der Waals surface area contributed by atoms with Crippen molar-refractivity contribution in [3.8, 4) is 23.0 Å². The number of aromatic nitrogens is 5. The minimum Gasteiger partial charge on any atom is -0.504 e. The molecule has 3 aromatic heterocycles. The first-order chi connectivity index (χ1) is 28.4. The SMILES string of the molecule is Cc1cc(SCC2=C(C(=O)O)N3C(=O)[C@@H](NC(=O)/C(=N\O[C@H](C(=O)O)c4ccc(O)c(O)c4)c4csc(N)n4)[C@H]3SC2)n2nc(CS(=O)(=O)c3ccc(O)c(O)c3)nc2n1. The van der Waals surface area contributed by atoms with E-state index < -0.39 is 85.6 Å². The van der Waals surface area contributed by atoms with E-state index in [0.29, 0.717) is 16.3 Å². The number of carbonyl (C=O) groups excluding carboxylic acids is 2. The van der Waals surface area contributed by atoms with Crippen LogP contribution >= 0.6 is 34.9 Å². The number of fused-ring (bicyclic) bond motifs is 2. The number of β-lactam (4-membered cyclic amide) rings is 1. The van der Waals surface area contributed by atoms with Gasteiger partial charge in [-0.3, -0.25) is 14.5 Å². The molecule has 5 heterocycles. The van der Waals surface area contributed by atoms with Crippen LogP contribution in [0.15, 0.2) is 74.2 Å². The fourth-order valence-electron chi connectivity index (χ4n) is 5.93. The number of aryl methyl sites for hydroxylation is 1. The van der Waals surface area contributed by atoms with Crippen LogP contribution in [0.2, 0.25) is 0 Å². The topological polar surface area (TPSA) is 343 Å².